The monoisotopic (exact) mass is 118 g/mol. The van der Waals surface area contributed by atoms with E-state index in [1.54, 1.807) is 13.8 Å². The molecule has 0 aromatic carbocycles. The van der Waals surface area contributed by atoms with E-state index in [2.05, 4.69) is 5.16 Å². The van der Waals surface area contributed by atoms with Crippen LogP contribution in [0.4, 0.5) is 0 Å². The standard InChI is InChI=1S/C4H10N2O2/c1-4(2,6-8)3-5-7/h3,6-8H,1-2H3/b5-3-. The van der Waals surface area contributed by atoms with Crippen molar-refractivity contribution in [3.63, 3.8) is 0 Å². The van der Waals surface area contributed by atoms with Crippen LogP contribution in [-0.2, 0) is 0 Å². The van der Waals surface area contributed by atoms with E-state index < -0.39 is 5.54 Å². The van der Waals surface area contributed by atoms with Crippen molar-refractivity contribution in [1.29, 1.82) is 0 Å². The van der Waals surface area contributed by atoms with Crippen molar-refractivity contribution < 1.29 is 10.4 Å². The summed E-state index contributed by atoms with van der Waals surface area (Å²) in [5.41, 5.74) is 1.29. The smallest absolute Gasteiger partial charge is 0.0756 e. The van der Waals surface area contributed by atoms with Gasteiger partial charge in [0.25, 0.3) is 0 Å². The minimum Gasteiger partial charge on any atom is -0.411 e. The lowest BCUT2D eigenvalue weighted by Crippen LogP contribution is -2.38. The molecule has 48 valence electrons. The largest absolute Gasteiger partial charge is 0.411 e. The fourth-order valence-electron chi connectivity index (χ4n) is 0.173. The lowest BCUT2D eigenvalue weighted by Gasteiger charge is -2.13. The van der Waals surface area contributed by atoms with Gasteiger partial charge in [-0.2, -0.15) is 5.48 Å². The summed E-state index contributed by atoms with van der Waals surface area (Å²) in [5, 5.41) is 19.0. The summed E-state index contributed by atoms with van der Waals surface area (Å²) < 4.78 is 0. The minimum absolute atomic E-state index is 0.644. The number of nitrogens with one attached hydrogen (secondary N) is 1. The average Bonchev–Trinajstić information content (AvgIpc) is 1.67. The normalized spacial score (nSPS) is 12.9. The Hall–Kier alpha value is -0.610. The number of nitrogens with zero attached hydrogens (tertiary/aromatic N) is 1. The molecule has 0 aliphatic carbocycles. The molecule has 0 aromatic rings. The average molecular weight is 118 g/mol. The maximum atomic E-state index is 8.27. The Morgan fingerprint density at radius 3 is 2.25 bits per heavy atom. The Balaban J connectivity index is 3.71. The Labute approximate surface area is 47.8 Å². The first-order valence-corrected chi connectivity index (χ1v) is 2.22. The fraction of sp³-hybridized carbons (Fsp3) is 0.750. The van der Waals surface area contributed by atoms with Crippen molar-refractivity contribution in [3.8, 4) is 0 Å². The van der Waals surface area contributed by atoms with Gasteiger partial charge in [0.05, 0.1) is 11.8 Å². The third-order valence-corrected chi connectivity index (χ3v) is 0.669. The third kappa shape index (κ3) is 2.54. The van der Waals surface area contributed by atoms with Crippen LogP contribution < -0.4 is 5.48 Å². The quantitative estimate of drug-likeness (QED) is 0.276. The molecular weight excluding hydrogens is 108 g/mol. The number of hydrogen-bond donors (Lipinski definition) is 3. The molecule has 0 rings (SSSR count). The van der Waals surface area contributed by atoms with Crippen LogP contribution in [0.5, 0.6) is 0 Å². The van der Waals surface area contributed by atoms with Gasteiger partial charge in [-0.05, 0) is 13.8 Å². The molecule has 0 saturated heterocycles. The number of hydroxylamine groups is 1. The molecular formula is C4H10N2O2. The van der Waals surface area contributed by atoms with E-state index in [1.165, 1.54) is 6.21 Å². The Morgan fingerprint density at radius 2 is 2.12 bits per heavy atom. The number of oxime groups is 1. The van der Waals surface area contributed by atoms with Crippen molar-refractivity contribution in [1.82, 2.24) is 5.48 Å². The van der Waals surface area contributed by atoms with Gasteiger partial charge < -0.3 is 10.4 Å². The maximum absolute atomic E-state index is 8.27. The topological polar surface area (TPSA) is 64.9 Å². The number of hydrogen-bond acceptors (Lipinski definition) is 4. The van der Waals surface area contributed by atoms with Gasteiger partial charge in [0, 0.05) is 0 Å². The van der Waals surface area contributed by atoms with Crippen LogP contribution in [0.15, 0.2) is 5.16 Å². The van der Waals surface area contributed by atoms with Crippen LogP contribution in [0.1, 0.15) is 13.8 Å². The highest BCUT2D eigenvalue weighted by atomic mass is 16.5. The molecule has 0 amide bonds. The van der Waals surface area contributed by atoms with E-state index >= 15 is 0 Å². The first-order valence-electron chi connectivity index (χ1n) is 2.22. The lowest BCUT2D eigenvalue weighted by atomic mass is 10.1. The van der Waals surface area contributed by atoms with Gasteiger partial charge in [-0.3, -0.25) is 0 Å². The minimum atomic E-state index is -0.644. The van der Waals surface area contributed by atoms with E-state index in [4.69, 9.17) is 10.4 Å². The van der Waals surface area contributed by atoms with Crippen LogP contribution in [0.25, 0.3) is 0 Å². The Kier molecular flexibility index (Phi) is 2.44. The second-order valence-electron chi connectivity index (χ2n) is 2.08. The van der Waals surface area contributed by atoms with Crippen molar-refractivity contribution in [3.05, 3.63) is 0 Å². The molecule has 4 heteroatoms. The molecule has 0 spiro atoms. The molecule has 0 atom stereocenters. The number of rotatable bonds is 2. The van der Waals surface area contributed by atoms with Crippen molar-refractivity contribution in [2.75, 3.05) is 0 Å². The first-order chi connectivity index (χ1) is 3.62. The molecule has 0 unspecified atom stereocenters. The summed E-state index contributed by atoms with van der Waals surface area (Å²) >= 11 is 0. The van der Waals surface area contributed by atoms with Crippen LogP contribution in [0.3, 0.4) is 0 Å². The van der Waals surface area contributed by atoms with Gasteiger partial charge in [0.1, 0.15) is 0 Å². The molecule has 8 heavy (non-hydrogen) atoms. The summed E-state index contributed by atoms with van der Waals surface area (Å²) in [4.78, 5) is 0. The van der Waals surface area contributed by atoms with Gasteiger partial charge in [0.15, 0.2) is 0 Å². The van der Waals surface area contributed by atoms with E-state index in [0.717, 1.165) is 0 Å². The van der Waals surface area contributed by atoms with Crippen LogP contribution >= 0.6 is 0 Å². The predicted octanol–water partition coefficient (Wildman–Crippen LogP) is 0.204. The van der Waals surface area contributed by atoms with Gasteiger partial charge in [-0.15, -0.1) is 5.16 Å². The van der Waals surface area contributed by atoms with Crippen molar-refractivity contribution in [2.45, 2.75) is 19.4 Å². The molecule has 3 N–H and O–H groups in total. The third-order valence-electron chi connectivity index (χ3n) is 0.669. The van der Waals surface area contributed by atoms with Gasteiger partial charge in [0.2, 0.25) is 0 Å². The van der Waals surface area contributed by atoms with E-state index in [0.29, 0.717) is 0 Å². The molecule has 0 saturated carbocycles. The second-order valence-corrected chi connectivity index (χ2v) is 2.08. The predicted molar refractivity (Wildman–Crippen MR) is 29.3 cm³/mol. The van der Waals surface area contributed by atoms with E-state index in [1.807, 2.05) is 5.48 Å². The van der Waals surface area contributed by atoms with E-state index in [-0.39, 0.29) is 0 Å². The van der Waals surface area contributed by atoms with Gasteiger partial charge >= 0.3 is 0 Å². The molecule has 0 bridgehead atoms. The maximum Gasteiger partial charge on any atom is 0.0756 e. The zero-order chi connectivity index (χ0) is 6.62. The van der Waals surface area contributed by atoms with Gasteiger partial charge in [-0.1, -0.05) is 0 Å². The molecule has 0 fully saturated rings. The highest BCUT2D eigenvalue weighted by Crippen LogP contribution is 1.93. The highest BCUT2D eigenvalue weighted by molar-refractivity contribution is 5.67. The zero-order valence-electron chi connectivity index (χ0n) is 4.92. The lowest BCUT2D eigenvalue weighted by molar-refractivity contribution is 0.116. The Bertz CT molecular complexity index is 90.0. The molecule has 0 aliphatic rings. The SMILES string of the molecule is CC(C)(/C=N\O)NO. The molecule has 0 aliphatic heterocycles. The zero-order valence-corrected chi connectivity index (χ0v) is 4.92. The first kappa shape index (κ1) is 7.39. The summed E-state index contributed by atoms with van der Waals surface area (Å²) in [6.07, 6.45) is 1.19. The van der Waals surface area contributed by atoms with Crippen LogP contribution in [-0.4, -0.2) is 22.2 Å². The summed E-state index contributed by atoms with van der Waals surface area (Å²) in [6, 6.07) is 0. The summed E-state index contributed by atoms with van der Waals surface area (Å²) in [6.45, 7) is 3.32. The summed E-state index contributed by atoms with van der Waals surface area (Å²) in [7, 11) is 0. The van der Waals surface area contributed by atoms with Gasteiger partial charge in [-0.25, -0.2) is 0 Å². The Morgan fingerprint density at radius 1 is 1.62 bits per heavy atom. The van der Waals surface area contributed by atoms with E-state index in [9.17, 15) is 0 Å². The highest BCUT2D eigenvalue weighted by Gasteiger charge is 2.11. The molecule has 0 radical (unpaired) electrons. The van der Waals surface area contributed by atoms with Crippen molar-refractivity contribution >= 4 is 6.21 Å². The van der Waals surface area contributed by atoms with Crippen LogP contribution in [0.2, 0.25) is 0 Å². The second kappa shape index (κ2) is 2.64. The molecule has 4 nitrogen and oxygen atoms in total. The van der Waals surface area contributed by atoms with Crippen molar-refractivity contribution in [2.24, 2.45) is 5.16 Å². The molecule has 0 heterocycles. The molecule has 0 aromatic heterocycles. The van der Waals surface area contributed by atoms with Crippen LogP contribution in [0, 0.1) is 0 Å². The fourth-order valence-corrected chi connectivity index (χ4v) is 0.173. The summed E-state index contributed by atoms with van der Waals surface area (Å²) in [5.74, 6) is 0.